The van der Waals surface area contributed by atoms with Crippen molar-refractivity contribution in [3.63, 3.8) is 0 Å². The van der Waals surface area contributed by atoms with Gasteiger partial charge in [-0.05, 0) is 42.8 Å². The second-order valence-electron chi connectivity index (χ2n) is 5.61. The molecule has 2 aromatic heterocycles. The Balaban J connectivity index is 1.56. The topological polar surface area (TPSA) is 55.6 Å². The molecule has 5 heteroatoms. The lowest BCUT2D eigenvalue weighted by atomic mass is 10.2. The van der Waals surface area contributed by atoms with E-state index in [1.165, 1.54) is 0 Å². The van der Waals surface area contributed by atoms with Gasteiger partial charge in [-0.25, -0.2) is 4.98 Å². The zero-order valence-corrected chi connectivity index (χ0v) is 13.7. The maximum absolute atomic E-state index is 12.2. The Morgan fingerprint density at radius 3 is 2.79 bits per heavy atom. The van der Waals surface area contributed by atoms with Crippen LogP contribution >= 0.6 is 0 Å². The van der Waals surface area contributed by atoms with Crippen LogP contribution < -0.4 is 10.1 Å². The molecule has 24 heavy (non-hydrogen) atoms. The Labute approximate surface area is 141 Å². The lowest BCUT2D eigenvalue weighted by molar-refractivity contribution is 0.0950. The predicted octanol–water partition coefficient (Wildman–Crippen LogP) is 3.44. The SMILES string of the molecule is CCCCOc1ccc(C(=O)NCc2cn3ccccc3n2)cc1. The molecule has 2 heterocycles. The van der Waals surface area contributed by atoms with Crippen molar-refractivity contribution in [1.29, 1.82) is 0 Å². The van der Waals surface area contributed by atoms with Crippen molar-refractivity contribution in [1.82, 2.24) is 14.7 Å². The highest BCUT2D eigenvalue weighted by molar-refractivity contribution is 5.94. The van der Waals surface area contributed by atoms with Gasteiger partial charge in [0.15, 0.2) is 0 Å². The zero-order valence-electron chi connectivity index (χ0n) is 13.7. The molecule has 0 saturated carbocycles. The molecule has 0 fully saturated rings. The molecule has 1 N–H and O–H groups in total. The van der Waals surface area contributed by atoms with Gasteiger partial charge in [0.25, 0.3) is 5.91 Å². The lowest BCUT2D eigenvalue weighted by Crippen LogP contribution is -2.22. The molecule has 0 spiro atoms. The minimum Gasteiger partial charge on any atom is -0.494 e. The van der Waals surface area contributed by atoms with Gasteiger partial charge < -0.3 is 14.5 Å². The summed E-state index contributed by atoms with van der Waals surface area (Å²) in [6.45, 7) is 3.23. The monoisotopic (exact) mass is 323 g/mol. The van der Waals surface area contributed by atoms with Crippen LogP contribution in [0.4, 0.5) is 0 Å². The summed E-state index contributed by atoms with van der Waals surface area (Å²) in [5.74, 6) is 0.674. The van der Waals surface area contributed by atoms with E-state index in [2.05, 4.69) is 17.2 Å². The van der Waals surface area contributed by atoms with E-state index in [4.69, 9.17) is 4.74 Å². The van der Waals surface area contributed by atoms with Crippen LogP contribution in [-0.4, -0.2) is 21.9 Å². The van der Waals surface area contributed by atoms with Gasteiger partial charge in [-0.1, -0.05) is 19.4 Å². The van der Waals surface area contributed by atoms with Gasteiger partial charge >= 0.3 is 0 Å². The molecule has 0 unspecified atom stereocenters. The highest BCUT2D eigenvalue weighted by Gasteiger charge is 2.07. The van der Waals surface area contributed by atoms with E-state index in [0.29, 0.717) is 18.7 Å². The van der Waals surface area contributed by atoms with Gasteiger partial charge in [-0.3, -0.25) is 4.79 Å². The number of fused-ring (bicyclic) bond motifs is 1. The third-order valence-corrected chi connectivity index (χ3v) is 3.73. The van der Waals surface area contributed by atoms with Crippen molar-refractivity contribution in [2.45, 2.75) is 26.3 Å². The predicted molar refractivity (Wildman–Crippen MR) is 93.2 cm³/mol. The number of unbranched alkanes of at least 4 members (excludes halogenated alkanes) is 1. The Morgan fingerprint density at radius 2 is 2.04 bits per heavy atom. The average molecular weight is 323 g/mol. The summed E-state index contributed by atoms with van der Waals surface area (Å²) in [7, 11) is 0. The van der Waals surface area contributed by atoms with Crippen molar-refractivity contribution in [2.24, 2.45) is 0 Å². The fourth-order valence-electron chi connectivity index (χ4n) is 2.38. The van der Waals surface area contributed by atoms with Crippen LogP contribution in [-0.2, 0) is 6.54 Å². The van der Waals surface area contributed by atoms with Gasteiger partial charge in [0.2, 0.25) is 0 Å². The number of carbonyl (C=O) groups excluding carboxylic acids is 1. The molecule has 0 aliphatic carbocycles. The number of aromatic nitrogens is 2. The smallest absolute Gasteiger partial charge is 0.251 e. The summed E-state index contributed by atoms with van der Waals surface area (Å²) >= 11 is 0. The molecule has 1 aromatic carbocycles. The van der Waals surface area contributed by atoms with Crippen molar-refractivity contribution >= 4 is 11.6 Å². The molecule has 0 aliphatic rings. The first kappa shape index (κ1) is 16.1. The molecule has 0 radical (unpaired) electrons. The third-order valence-electron chi connectivity index (χ3n) is 3.73. The fourth-order valence-corrected chi connectivity index (χ4v) is 2.38. The van der Waals surface area contributed by atoms with Crippen LogP contribution in [0.15, 0.2) is 54.9 Å². The first-order valence-electron chi connectivity index (χ1n) is 8.20. The molecule has 1 amide bonds. The summed E-state index contributed by atoms with van der Waals surface area (Å²) in [6, 6.07) is 13.0. The Hall–Kier alpha value is -2.82. The summed E-state index contributed by atoms with van der Waals surface area (Å²) in [5.41, 5.74) is 2.31. The number of benzene rings is 1. The molecule has 5 nitrogen and oxygen atoms in total. The molecular formula is C19H21N3O2. The normalized spacial score (nSPS) is 10.7. The van der Waals surface area contributed by atoms with E-state index < -0.39 is 0 Å². The van der Waals surface area contributed by atoms with Gasteiger partial charge in [0.1, 0.15) is 11.4 Å². The second kappa shape index (κ2) is 7.64. The number of nitrogens with one attached hydrogen (secondary N) is 1. The third kappa shape index (κ3) is 3.93. The van der Waals surface area contributed by atoms with Gasteiger partial charge in [0, 0.05) is 18.0 Å². The van der Waals surface area contributed by atoms with Gasteiger partial charge in [0.05, 0.1) is 18.8 Å². The van der Waals surface area contributed by atoms with Crippen LogP contribution in [0.5, 0.6) is 5.75 Å². The van der Waals surface area contributed by atoms with Gasteiger partial charge in [-0.15, -0.1) is 0 Å². The summed E-state index contributed by atoms with van der Waals surface area (Å²) in [5, 5.41) is 2.89. The van der Waals surface area contributed by atoms with Crippen molar-refractivity contribution in [3.05, 3.63) is 66.1 Å². The van der Waals surface area contributed by atoms with E-state index >= 15 is 0 Å². The van der Waals surface area contributed by atoms with Crippen LogP contribution in [0.2, 0.25) is 0 Å². The van der Waals surface area contributed by atoms with Crippen LogP contribution in [0.1, 0.15) is 35.8 Å². The fraction of sp³-hybridized carbons (Fsp3) is 0.263. The van der Waals surface area contributed by atoms with Crippen molar-refractivity contribution < 1.29 is 9.53 Å². The van der Waals surface area contributed by atoms with Crippen LogP contribution in [0.3, 0.4) is 0 Å². The number of pyridine rings is 1. The zero-order chi connectivity index (χ0) is 16.8. The Morgan fingerprint density at radius 1 is 1.21 bits per heavy atom. The number of carbonyl (C=O) groups is 1. The van der Waals surface area contributed by atoms with Crippen molar-refractivity contribution in [2.75, 3.05) is 6.61 Å². The summed E-state index contributed by atoms with van der Waals surface area (Å²) in [6.07, 6.45) is 5.98. The van der Waals surface area contributed by atoms with E-state index in [0.717, 1.165) is 29.9 Å². The number of nitrogens with zero attached hydrogens (tertiary/aromatic N) is 2. The Bertz CT molecular complexity index is 776. The summed E-state index contributed by atoms with van der Waals surface area (Å²) < 4.78 is 7.53. The first-order valence-corrected chi connectivity index (χ1v) is 8.20. The molecule has 124 valence electrons. The minimum atomic E-state index is -0.118. The maximum atomic E-state index is 12.2. The van der Waals surface area contributed by atoms with Crippen molar-refractivity contribution in [3.8, 4) is 5.75 Å². The molecular weight excluding hydrogens is 302 g/mol. The molecule has 0 bridgehead atoms. The molecule has 0 atom stereocenters. The Kier molecular flexibility index (Phi) is 5.11. The van der Waals surface area contributed by atoms with E-state index in [1.54, 1.807) is 12.1 Å². The number of rotatable bonds is 7. The number of hydrogen-bond donors (Lipinski definition) is 1. The number of amides is 1. The van der Waals surface area contributed by atoms with Gasteiger partial charge in [-0.2, -0.15) is 0 Å². The first-order chi connectivity index (χ1) is 11.8. The molecule has 3 rings (SSSR count). The highest BCUT2D eigenvalue weighted by Crippen LogP contribution is 2.13. The summed E-state index contributed by atoms with van der Waals surface area (Å²) in [4.78, 5) is 16.7. The van der Waals surface area contributed by atoms with Crippen LogP contribution in [0, 0.1) is 0 Å². The van der Waals surface area contributed by atoms with E-state index in [-0.39, 0.29) is 5.91 Å². The van der Waals surface area contributed by atoms with Crippen LogP contribution in [0.25, 0.3) is 5.65 Å². The van der Waals surface area contributed by atoms with E-state index in [9.17, 15) is 4.79 Å². The molecule has 0 aliphatic heterocycles. The number of hydrogen-bond acceptors (Lipinski definition) is 3. The molecule has 3 aromatic rings. The highest BCUT2D eigenvalue weighted by atomic mass is 16.5. The van der Waals surface area contributed by atoms with E-state index in [1.807, 2.05) is 47.1 Å². The average Bonchev–Trinajstić information content (AvgIpc) is 3.03. The largest absolute Gasteiger partial charge is 0.494 e. The standard InChI is InChI=1S/C19H21N3O2/c1-2-3-12-24-17-9-7-15(8-10-17)19(23)20-13-16-14-22-11-5-4-6-18(22)21-16/h4-11,14H,2-3,12-13H2,1H3,(H,20,23). The maximum Gasteiger partial charge on any atom is 0.251 e. The molecule has 0 saturated heterocycles. The lowest BCUT2D eigenvalue weighted by Gasteiger charge is -2.07. The second-order valence-corrected chi connectivity index (χ2v) is 5.61. The number of imidazole rings is 1. The number of ether oxygens (including phenoxy) is 1. The minimum absolute atomic E-state index is 0.118. The quantitative estimate of drug-likeness (QED) is 0.678.